The Hall–Kier alpha value is -0.380. The quantitative estimate of drug-likeness (QED) is 0.782. The summed E-state index contributed by atoms with van der Waals surface area (Å²) in [6.45, 7) is 0.679. The molecular weight excluding hydrogens is 230 g/mol. The maximum atomic E-state index is 11.6. The molecule has 0 heterocycles. The summed E-state index contributed by atoms with van der Waals surface area (Å²) in [5.74, 6) is 1.35. The zero-order chi connectivity index (χ0) is 11.1. The third-order valence-corrected chi connectivity index (χ3v) is 3.72. The molecule has 0 saturated heterocycles. The fourth-order valence-corrected chi connectivity index (χ4v) is 2.61. The van der Waals surface area contributed by atoms with Crippen LogP contribution in [0.25, 0.3) is 0 Å². The summed E-state index contributed by atoms with van der Waals surface area (Å²) in [6, 6.07) is 7.49. The van der Waals surface area contributed by atoms with Gasteiger partial charge in [0.1, 0.15) is 0 Å². The van der Waals surface area contributed by atoms with E-state index in [-0.39, 0.29) is 0 Å². The van der Waals surface area contributed by atoms with Crippen molar-refractivity contribution in [1.82, 2.24) is 0 Å². The van der Waals surface area contributed by atoms with Crippen molar-refractivity contribution in [2.24, 2.45) is 5.73 Å². The summed E-state index contributed by atoms with van der Waals surface area (Å²) >= 11 is 5.76. The smallest absolute Gasteiger partial charge is 0.0485 e. The van der Waals surface area contributed by atoms with Crippen LogP contribution in [0.5, 0.6) is 0 Å². The van der Waals surface area contributed by atoms with E-state index in [1.54, 1.807) is 0 Å². The van der Waals surface area contributed by atoms with Gasteiger partial charge >= 0.3 is 0 Å². The molecule has 4 heteroatoms. The van der Waals surface area contributed by atoms with Gasteiger partial charge in [0.15, 0.2) is 0 Å². The molecular formula is C11H16ClNOS. The molecule has 0 aromatic heterocycles. The van der Waals surface area contributed by atoms with Crippen molar-refractivity contribution in [1.29, 1.82) is 0 Å². The van der Waals surface area contributed by atoms with Gasteiger partial charge in [-0.3, -0.25) is 4.21 Å². The molecule has 1 unspecified atom stereocenters. The van der Waals surface area contributed by atoms with E-state index in [2.05, 4.69) is 0 Å². The number of hydrogen-bond donors (Lipinski definition) is 1. The molecule has 0 aliphatic rings. The zero-order valence-corrected chi connectivity index (χ0v) is 10.2. The highest BCUT2D eigenvalue weighted by Gasteiger charge is 2.01. The molecule has 0 bridgehead atoms. The lowest BCUT2D eigenvalue weighted by molar-refractivity contribution is 0.677. The summed E-state index contributed by atoms with van der Waals surface area (Å²) in [5.41, 5.74) is 6.44. The van der Waals surface area contributed by atoms with Crippen LogP contribution in [-0.4, -0.2) is 16.5 Å². The summed E-state index contributed by atoms with van der Waals surface area (Å²) in [5, 5.41) is 0.715. The Bertz CT molecular complexity index is 313. The summed E-state index contributed by atoms with van der Waals surface area (Å²) in [4.78, 5) is 0. The fraction of sp³-hybridized carbons (Fsp3) is 0.455. The van der Waals surface area contributed by atoms with Crippen LogP contribution < -0.4 is 5.73 Å². The molecule has 1 aromatic carbocycles. The minimum Gasteiger partial charge on any atom is -0.330 e. The first-order valence-electron chi connectivity index (χ1n) is 5.02. The normalized spacial score (nSPS) is 12.7. The Kier molecular flexibility index (Phi) is 5.91. The van der Waals surface area contributed by atoms with E-state index < -0.39 is 10.8 Å². The molecule has 0 fully saturated rings. The van der Waals surface area contributed by atoms with Gasteiger partial charge in [-0.2, -0.15) is 0 Å². The molecule has 2 N–H and O–H groups in total. The Morgan fingerprint density at radius 2 is 1.87 bits per heavy atom. The van der Waals surface area contributed by atoms with Crippen molar-refractivity contribution >= 4 is 22.4 Å². The van der Waals surface area contributed by atoms with Gasteiger partial charge in [-0.1, -0.05) is 23.7 Å². The zero-order valence-electron chi connectivity index (χ0n) is 8.62. The Morgan fingerprint density at radius 3 is 2.47 bits per heavy atom. The average Bonchev–Trinajstić information content (AvgIpc) is 2.22. The summed E-state index contributed by atoms with van der Waals surface area (Å²) < 4.78 is 11.6. The molecule has 84 valence electrons. The number of nitrogens with two attached hydrogens (primary N) is 1. The van der Waals surface area contributed by atoms with Crippen molar-refractivity contribution in [2.75, 3.05) is 12.3 Å². The highest BCUT2D eigenvalue weighted by atomic mass is 35.5. The number of hydrogen-bond acceptors (Lipinski definition) is 2. The van der Waals surface area contributed by atoms with Crippen molar-refractivity contribution in [3.05, 3.63) is 34.9 Å². The second kappa shape index (κ2) is 6.99. The van der Waals surface area contributed by atoms with Gasteiger partial charge < -0.3 is 5.73 Å². The minimum absolute atomic E-state index is 0.613. The highest BCUT2D eigenvalue weighted by Crippen LogP contribution is 2.11. The van der Waals surface area contributed by atoms with E-state index in [1.807, 2.05) is 24.3 Å². The van der Waals surface area contributed by atoms with Gasteiger partial charge in [0.2, 0.25) is 0 Å². The van der Waals surface area contributed by atoms with Crippen molar-refractivity contribution in [3.8, 4) is 0 Å². The molecule has 0 aliphatic carbocycles. The average molecular weight is 246 g/mol. The summed E-state index contributed by atoms with van der Waals surface area (Å²) in [7, 11) is -0.778. The monoisotopic (exact) mass is 245 g/mol. The first-order valence-corrected chi connectivity index (χ1v) is 6.88. The number of unbranched alkanes of at least 4 members (excludes halogenated alkanes) is 1. The Labute approximate surface area is 98.3 Å². The van der Waals surface area contributed by atoms with Crippen LogP contribution >= 0.6 is 11.6 Å². The topological polar surface area (TPSA) is 43.1 Å². The van der Waals surface area contributed by atoms with Gasteiger partial charge in [0.25, 0.3) is 0 Å². The molecule has 1 rings (SSSR count). The predicted molar refractivity (Wildman–Crippen MR) is 66.5 cm³/mol. The molecule has 2 nitrogen and oxygen atoms in total. The van der Waals surface area contributed by atoms with E-state index in [0.717, 1.165) is 24.2 Å². The van der Waals surface area contributed by atoms with E-state index in [9.17, 15) is 4.21 Å². The molecule has 0 amide bonds. The van der Waals surface area contributed by atoms with Gasteiger partial charge in [0, 0.05) is 27.3 Å². The largest absolute Gasteiger partial charge is 0.330 e. The summed E-state index contributed by atoms with van der Waals surface area (Å²) in [6.07, 6.45) is 1.89. The lowest BCUT2D eigenvalue weighted by Crippen LogP contribution is -2.04. The SMILES string of the molecule is NCCCCS(=O)Cc1ccc(Cl)cc1. The van der Waals surface area contributed by atoms with Gasteiger partial charge in [-0.25, -0.2) is 0 Å². The van der Waals surface area contributed by atoms with E-state index in [1.165, 1.54) is 0 Å². The van der Waals surface area contributed by atoms with E-state index in [0.29, 0.717) is 17.3 Å². The van der Waals surface area contributed by atoms with Gasteiger partial charge in [0.05, 0.1) is 0 Å². The van der Waals surface area contributed by atoms with Crippen LogP contribution in [0, 0.1) is 0 Å². The van der Waals surface area contributed by atoms with Crippen LogP contribution in [0.15, 0.2) is 24.3 Å². The van der Waals surface area contributed by atoms with Crippen molar-refractivity contribution < 1.29 is 4.21 Å². The predicted octanol–water partition coefficient (Wildman–Crippen LogP) is 2.33. The first kappa shape index (κ1) is 12.7. The van der Waals surface area contributed by atoms with E-state index in [4.69, 9.17) is 17.3 Å². The van der Waals surface area contributed by atoms with Crippen LogP contribution in [0.4, 0.5) is 0 Å². The third-order valence-electron chi connectivity index (χ3n) is 2.07. The lowest BCUT2D eigenvalue weighted by Gasteiger charge is -2.02. The Balaban J connectivity index is 2.34. The van der Waals surface area contributed by atoms with Gasteiger partial charge in [-0.15, -0.1) is 0 Å². The lowest BCUT2D eigenvalue weighted by atomic mass is 10.2. The maximum absolute atomic E-state index is 11.6. The minimum atomic E-state index is -0.778. The van der Waals surface area contributed by atoms with Crippen LogP contribution in [-0.2, 0) is 16.6 Å². The number of rotatable bonds is 6. The Morgan fingerprint density at radius 1 is 1.20 bits per heavy atom. The molecule has 0 aliphatic heterocycles. The number of benzene rings is 1. The van der Waals surface area contributed by atoms with E-state index >= 15 is 0 Å². The second-order valence-electron chi connectivity index (χ2n) is 3.41. The highest BCUT2D eigenvalue weighted by molar-refractivity contribution is 7.84. The third kappa shape index (κ3) is 5.30. The van der Waals surface area contributed by atoms with Crippen LogP contribution in [0.2, 0.25) is 5.02 Å². The van der Waals surface area contributed by atoms with Gasteiger partial charge in [-0.05, 0) is 37.1 Å². The molecule has 1 atom stereocenters. The van der Waals surface area contributed by atoms with Crippen LogP contribution in [0.3, 0.4) is 0 Å². The standard InChI is InChI=1S/C11H16ClNOS/c12-11-5-3-10(4-6-11)9-15(14)8-2-1-7-13/h3-6H,1-2,7-9,13H2. The maximum Gasteiger partial charge on any atom is 0.0485 e. The fourth-order valence-electron chi connectivity index (χ4n) is 1.25. The van der Waals surface area contributed by atoms with Crippen LogP contribution in [0.1, 0.15) is 18.4 Å². The number of halogens is 1. The second-order valence-corrected chi connectivity index (χ2v) is 5.42. The van der Waals surface area contributed by atoms with Crippen molar-refractivity contribution in [2.45, 2.75) is 18.6 Å². The molecule has 15 heavy (non-hydrogen) atoms. The molecule has 0 spiro atoms. The van der Waals surface area contributed by atoms with Crippen molar-refractivity contribution in [3.63, 3.8) is 0 Å². The molecule has 0 radical (unpaired) electrons. The first-order chi connectivity index (χ1) is 7.22. The molecule has 1 aromatic rings. The molecule has 0 saturated carbocycles.